The Kier molecular flexibility index (Phi) is 8.26. The summed E-state index contributed by atoms with van der Waals surface area (Å²) in [4.78, 5) is 41.4. The highest BCUT2D eigenvalue weighted by Crippen LogP contribution is 2.45. The largest absolute Gasteiger partial charge is 0.436 e. The Morgan fingerprint density at radius 1 is 0.889 bits per heavy atom. The van der Waals surface area contributed by atoms with E-state index >= 15 is 0 Å². The van der Waals surface area contributed by atoms with E-state index in [0.717, 1.165) is 33.5 Å². The van der Waals surface area contributed by atoms with Crippen LogP contribution in [0.1, 0.15) is 55.5 Å². The molecule has 2 N–H and O–H groups in total. The zero-order valence-electron chi connectivity index (χ0n) is 25.4. The number of halogens is 1. The number of fused-ring (bicyclic) bond motifs is 4. The van der Waals surface area contributed by atoms with Gasteiger partial charge in [0.15, 0.2) is 6.10 Å². The minimum absolute atomic E-state index is 0.0407. The van der Waals surface area contributed by atoms with Crippen molar-refractivity contribution in [3.05, 3.63) is 114 Å². The summed E-state index contributed by atoms with van der Waals surface area (Å²) in [5.74, 6) is -0.787. The van der Waals surface area contributed by atoms with Crippen molar-refractivity contribution in [1.82, 2.24) is 4.90 Å². The fourth-order valence-corrected chi connectivity index (χ4v) is 6.28. The first-order valence-corrected chi connectivity index (χ1v) is 15.1. The van der Waals surface area contributed by atoms with Crippen LogP contribution < -0.4 is 15.5 Å². The SMILES string of the molecule is CCC(=O)N1c2cc(F)ccc2[C@H](Nc2ccc(NC(=O)CN(C)C(=O)OC3c4ccccc4-c4ccccc43)cc2)C[C@@H]1C. The van der Waals surface area contributed by atoms with E-state index < -0.39 is 12.2 Å². The third-order valence-electron chi connectivity index (χ3n) is 8.41. The van der Waals surface area contributed by atoms with Crippen molar-refractivity contribution in [2.24, 2.45) is 0 Å². The van der Waals surface area contributed by atoms with Crippen molar-refractivity contribution >= 4 is 35.0 Å². The van der Waals surface area contributed by atoms with E-state index in [4.69, 9.17) is 4.74 Å². The van der Waals surface area contributed by atoms with Crippen molar-refractivity contribution in [2.45, 2.75) is 44.9 Å². The lowest BCUT2D eigenvalue weighted by Crippen LogP contribution is -2.44. The van der Waals surface area contributed by atoms with Crippen LogP contribution in [0.5, 0.6) is 0 Å². The van der Waals surface area contributed by atoms with Crippen LogP contribution in [0.25, 0.3) is 11.1 Å². The van der Waals surface area contributed by atoms with Gasteiger partial charge in [-0.25, -0.2) is 9.18 Å². The molecule has 3 amide bonds. The Morgan fingerprint density at radius 3 is 2.16 bits per heavy atom. The molecule has 0 spiro atoms. The molecule has 2 atom stereocenters. The lowest BCUT2D eigenvalue weighted by molar-refractivity contribution is -0.119. The van der Waals surface area contributed by atoms with Crippen molar-refractivity contribution in [1.29, 1.82) is 0 Å². The van der Waals surface area contributed by atoms with Crippen LogP contribution in [0, 0.1) is 5.82 Å². The van der Waals surface area contributed by atoms with E-state index in [1.54, 1.807) is 30.0 Å². The molecule has 4 aromatic rings. The second kappa shape index (κ2) is 12.4. The third-order valence-corrected chi connectivity index (χ3v) is 8.41. The normalized spacial score (nSPS) is 16.7. The molecule has 9 heteroatoms. The van der Waals surface area contributed by atoms with Crippen molar-refractivity contribution in [3.63, 3.8) is 0 Å². The number of anilines is 3. The third kappa shape index (κ3) is 5.98. The highest BCUT2D eigenvalue weighted by Gasteiger charge is 2.34. The second-order valence-electron chi connectivity index (χ2n) is 11.5. The van der Waals surface area contributed by atoms with Crippen LogP contribution >= 0.6 is 0 Å². The molecule has 1 aliphatic carbocycles. The molecule has 0 aromatic heterocycles. The average Bonchev–Trinajstić information content (AvgIpc) is 3.34. The molecule has 6 rings (SSSR count). The number of likely N-dealkylation sites (N-methyl/N-ethyl adjacent to an activating group) is 1. The van der Waals surface area contributed by atoms with Crippen LogP contribution in [-0.2, 0) is 14.3 Å². The number of carbonyl (C=O) groups excluding carboxylic acids is 3. The summed E-state index contributed by atoms with van der Waals surface area (Å²) in [7, 11) is 1.53. The van der Waals surface area contributed by atoms with E-state index in [2.05, 4.69) is 10.6 Å². The second-order valence-corrected chi connectivity index (χ2v) is 11.5. The number of rotatable bonds is 7. The monoisotopic (exact) mass is 606 g/mol. The number of carbonyl (C=O) groups is 3. The summed E-state index contributed by atoms with van der Waals surface area (Å²) in [5.41, 5.74) is 6.74. The van der Waals surface area contributed by atoms with Gasteiger partial charge in [-0.3, -0.25) is 9.59 Å². The van der Waals surface area contributed by atoms with Crippen LogP contribution in [0.15, 0.2) is 91.0 Å². The molecule has 45 heavy (non-hydrogen) atoms. The summed E-state index contributed by atoms with van der Waals surface area (Å²) in [5, 5.41) is 6.33. The number of hydrogen-bond donors (Lipinski definition) is 2. The average molecular weight is 607 g/mol. The summed E-state index contributed by atoms with van der Waals surface area (Å²) < 4.78 is 20.1. The van der Waals surface area contributed by atoms with Gasteiger partial charge in [-0.05, 0) is 66.4 Å². The van der Waals surface area contributed by atoms with Crippen molar-refractivity contribution in [3.8, 4) is 11.1 Å². The molecule has 230 valence electrons. The van der Waals surface area contributed by atoms with Gasteiger partial charge in [-0.2, -0.15) is 0 Å². The Balaban J connectivity index is 1.07. The van der Waals surface area contributed by atoms with Crippen LogP contribution in [0.3, 0.4) is 0 Å². The van der Waals surface area contributed by atoms with Gasteiger partial charge in [0.1, 0.15) is 12.4 Å². The molecule has 4 aromatic carbocycles. The van der Waals surface area contributed by atoms with Crippen LogP contribution in [-0.4, -0.2) is 42.4 Å². The Bertz CT molecular complexity index is 1710. The van der Waals surface area contributed by atoms with E-state index in [1.165, 1.54) is 24.1 Å². The maximum atomic E-state index is 14.2. The molecule has 2 aliphatic rings. The molecule has 0 saturated heterocycles. The van der Waals surface area contributed by atoms with Crippen molar-refractivity contribution in [2.75, 3.05) is 29.1 Å². The van der Waals surface area contributed by atoms with Gasteiger partial charge < -0.3 is 25.2 Å². The number of amides is 3. The first kappa shape index (κ1) is 29.9. The van der Waals surface area contributed by atoms with E-state index in [-0.39, 0.29) is 36.3 Å². The number of benzene rings is 4. The van der Waals surface area contributed by atoms with Crippen LogP contribution in [0.2, 0.25) is 0 Å². The first-order chi connectivity index (χ1) is 21.7. The van der Waals surface area contributed by atoms with Crippen molar-refractivity contribution < 1.29 is 23.5 Å². The van der Waals surface area contributed by atoms with E-state index in [1.807, 2.05) is 67.6 Å². The zero-order valence-corrected chi connectivity index (χ0v) is 25.4. The number of ether oxygens (including phenoxy) is 1. The predicted octanol–water partition coefficient (Wildman–Crippen LogP) is 7.29. The molecular formula is C36H35FN4O4. The van der Waals surface area contributed by atoms with Gasteiger partial charge in [-0.15, -0.1) is 0 Å². The minimum Gasteiger partial charge on any atom is -0.436 e. The van der Waals surface area contributed by atoms with Gasteiger partial charge in [0, 0.05) is 42.0 Å². The lowest BCUT2D eigenvalue weighted by Gasteiger charge is -2.40. The zero-order chi connectivity index (χ0) is 31.7. The Labute approximate surface area is 261 Å². The van der Waals surface area contributed by atoms with Crippen LogP contribution in [0.4, 0.5) is 26.2 Å². The number of nitrogens with zero attached hydrogens (tertiary/aromatic N) is 2. The fraction of sp³-hybridized carbons (Fsp3) is 0.250. The van der Waals surface area contributed by atoms with Gasteiger partial charge >= 0.3 is 6.09 Å². The maximum absolute atomic E-state index is 14.2. The summed E-state index contributed by atoms with van der Waals surface area (Å²) in [6, 6.07) is 27.3. The molecule has 0 saturated carbocycles. The number of hydrogen-bond acceptors (Lipinski definition) is 5. The Morgan fingerprint density at radius 2 is 1.51 bits per heavy atom. The highest BCUT2D eigenvalue weighted by molar-refractivity contribution is 5.96. The molecule has 0 fully saturated rings. The maximum Gasteiger partial charge on any atom is 0.410 e. The molecule has 0 bridgehead atoms. The standard InChI is InChI=1S/C36H35FN4O4/c1-4-34(43)41-22(2)19-31(30-18-13-23(37)20-32(30)41)38-24-14-16-25(17-15-24)39-33(42)21-40(3)36(44)45-35-28-11-7-5-9-26(28)27-10-6-8-12-29(27)35/h5-18,20,22,31,35,38H,4,19,21H2,1-3H3,(H,39,42)/t22-,31+/m0/s1. The summed E-state index contributed by atoms with van der Waals surface area (Å²) in [6.45, 7) is 3.58. The minimum atomic E-state index is -0.595. The predicted molar refractivity (Wildman–Crippen MR) is 173 cm³/mol. The van der Waals surface area contributed by atoms with Gasteiger partial charge in [0.2, 0.25) is 11.8 Å². The van der Waals surface area contributed by atoms with Gasteiger partial charge in [0.25, 0.3) is 0 Å². The fourth-order valence-electron chi connectivity index (χ4n) is 6.28. The topological polar surface area (TPSA) is 91.0 Å². The molecular weight excluding hydrogens is 571 g/mol. The summed E-state index contributed by atoms with van der Waals surface area (Å²) >= 11 is 0. The van der Waals surface area contributed by atoms with E-state index in [9.17, 15) is 18.8 Å². The van der Waals surface area contributed by atoms with E-state index in [0.29, 0.717) is 24.2 Å². The van der Waals surface area contributed by atoms with Gasteiger partial charge in [0.05, 0.1) is 11.7 Å². The smallest absolute Gasteiger partial charge is 0.410 e. The number of nitrogens with one attached hydrogen (secondary N) is 2. The quantitative estimate of drug-likeness (QED) is 0.231. The lowest BCUT2D eigenvalue weighted by atomic mass is 9.91. The highest BCUT2D eigenvalue weighted by atomic mass is 19.1. The molecule has 0 unspecified atom stereocenters. The van der Waals surface area contributed by atoms with Gasteiger partial charge in [-0.1, -0.05) is 61.5 Å². The molecule has 1 heterocycles. The first-order valence-electron chi connectivity index (χ1n) is 15.1. The molecule has 1 aliphatic heterocycles. The molecule has 0 radical (unpaired) electrons. The summed E-state index contributed by atoms with van der Waals surface area (Å²) in [6.07, 6.45) is -0.138. The molecule has 8 nitrogen and oxygen atoms in total. The Hall–Kier alpha value is -5.18.